The van der Waals surface area contributed by atoms with Gasteiger partial charge in [0.2, 0.25) is 0 Å². The molecule has 0 spiro atoms. The summed E-state index contributed by atoms with van der Waals surface area (Å²) in [5, 5.41) is 2.75. The molecule has 1 aromatic carbocycles. The van der Waals surface area contributed by atoms with Gasteiger partial charge in [-0.15, -0.1) is 13.2 Å². The smallest absolute Gasteiger partial charge is 0.458 e. The van der Waals surface area contributed by atoms with Crippen LogP contribution in [0, 0.1) is 11.2 Å². The van der Waals surface area contributed by atoms with E-state index in [0.717, 1.165) is 12.1 Å². The highest BCUT2D eigenvalue weighted by molar-refractivity contribution is 5.80. The van der Waals surface area contributed by atoms with Crippen LogP contribution in [0.5, 0.6) is 5.75 Å². The molecule has 8 heteroatoms. The average molecular weight is 365 g/mol. The van der Waals surface area contributed by atoms with Crippen LogP contribution in [0.3, 0.4) is 0 Å². The summed E-state index contributed by atoms with van der Waals surface area (Å²) in [6.45, 7) is 10.3. The number of carbonyl (C=O) groups excluding carboxylic acids is 1. The normalized spacial score (nSPS) is 14.0. The topological polar surface area (TPSA) is 47.6 Å². The van der Waals surface area contributed by atoms with Crippen molar-refractivity contribution in [2.24, 2.45) is 5.41 Å². The number of esters is 1. The number of rotatable bonds is 4. The third kappa shape index (κ3) is 7.62. The van der Waals surface area contributed by atoms with E-state index < -0.39 is 41.0 Å². The second-order valence-corrected chi connectivity index (χ2v) is 7.70. The van der Waals surface area contributed by atoms with Crippen molar-refractivity contribution in [3.05, 3.63) is 24.0 Å². The minimum Gasteiger partial charge on any atom is -0.458 e. The van der Waals surface area contributed by atoms with Crippen molar-refractivity contribution in [3.8, 4) is 5.75 Å². The first-order valence-electron chi connectivity index (χ1n) is 7.62. The van der Waals surface area contributed by atoms with Crippen LogP contribution in [0.4, 0.5) is 23.2 Å². The van der Waals surface area contributed by atoms with Crippen LogP contribution >= 0.6 is 0 Å². The van der Waals surface area contributed by atoms with Crippen LogP contribution in [0.1, 0.15) is 41.5 Å². The quantitative estimate of drug-likeness (QED) is 0.609. The molecule has 0 unspecified atom stereocenters. The molecule has 0 aliphatic heterocycles. The number of ether oxygens (including phenoxy) is 2. The van der Waals surface area contributed by atoms with Gasteiger partial charge >= 0.3 is 12.3 Å². The third-order valence-corrected chi connectivity index (χ3v) is 2.92. The van der Waals surface area contributed by atoms with E-state index in [0.29, 0.717) is 6.07 Å². The number of alkyl halides is 3. The number of carbonyl (C=O) groups is 1. The summed E-state index contributed by atoms with van der Waals surface area (Å²) in [6.07, 6.45) is -4.94. The first kappa shape index (κ1) is 21.1. The predicted octanol–water partition coefficient (Wildman–Crippen LogP) is 4.89. The fourth-order valence-corrected chi connectivity index (χ4v) is 1.99. The Kier molecular flexibility index (Phi) is 5.97. The molecule has 0 radical (unpaired) electrons. The van der Waals surface area contributed by atoms with E-state index >= 15 is 0 Å². The Bertz CT molecular complexity index is 616. The Balaban J connectivity index is 3.11. The van der Waals surface area contributed by atoms with Crippen LogP contribution in [0.2, 0.25) is 0 Å². The Morgan fingerprint density at radius 2 is 1.60 bits per heavy atom. The summed E-state index contributed by atoms with van der Waals surface area (Å²) in [5.74, 6) is -2.24. The molecular formula is C17H23F4NO3. The zero-order valence-electron chi connectivity index (χ0n) is 15.0. The molecule has 1 rings (SSSR count). The molecular weight excluding hydrogens is 342 g/mol. The summed E-state index contributed by atoms with van der Waals surface area (Å²) in [6, 6.07) is 1.65. The average Bonchev–Trinajstić information content (AvgIpc) is 2.29. The first-order chi connectivity index (χ1) is 11.1. The highest BCUT2D eigenvalue weighted by Gasteiger charge is 2.35. The summed E-state index contributed by atoms with van der Waals surface area (Å²) in [4.78, 5) is 12.4. The molecule has 0 saturated heterocycles. The van der Waals surface area contributed by atoms with Gasteiger partial charge < -0.3 is 14.8 Å². The highest BCUT2D eigenvalue weighted by Crippen LogP contribution is 2.30. The zero-order chi connectivity index (χ0) is 19.6. The number of nitrogens with one attached hydrogen (secondary N) is 1. The molecule has 0 bridgehead atoms. The van der Waals surface area contributed by atoms with E-state index in [1.165, 1.54) is 0 Å². The van der Waals surface area contributed by atoms with E-state index in [9.17, 15) is 22.4 Å². The lowest BCUT2D eigenvalue weighted by molar-refractivity contribution is -0.274. The fourth-order valence-electron chi connectivity index (χ4n) is 1.99. The molecule has 1 atom stereocenters. The molecule has 0 fully saturated rings. The Morgan fingerprint density at radius 3 is 2.04 bits per heavy atom. The lowest BCUT2D eigenvalue weighted by atomic mass is 9.86. The largest absolute Gasteiger partial charge is 0.573 e. The van der Waals surface area contributed by atoms with E-state index in [2.05, 4.69) is 10.1 Å². The summed E-state index contributed by atoms with van der Waals surface area (Å²) < 4.78 is 59.7. The van der Waals surface area contributed by atoms with Gasteiger partial charge in [0, 0.05) is 17.8 Å². The maximum absolute atomic E-state index is 13.6. The van der Waals surface area contributed by atoms with Crippen LogP contribution in [0.25, 0.3) is 0 Å². The molecule has 4 nitrogen and oxygen atoms in total. The van der Waals surface area contributed by atoms with Crippen molar-refractivity contribution < 1.29 is 31.8 Å². The number of anilines is 1. The molecule has 1 aromatic rings. The molecule has 1 N–H and O–H groups in total. The molecule has 142 valence electrons. The van der Waals surface area contributed by atoms with E-state index in [1.807, 2.05) is 0 Å². The number of hydrogen-bond acceptors (Lipinski definition) is 4. The number of hydrogen-bond donors (Lipinski definition) is 1. The van der Waals surface area contributed by atoms with E-state index in [4.69, 9.17) is 4.74 Å². The molecule has 25 heavy (non-hydrogen) atoms. The van der Waals surface area contributed by atoms with Crippen LogP contribution in [-0.4, -0.2) is 24.0 Å². The fraction of sp³-hybridized carbons (Fsp3) is 0.588. The minimum atomic E-state index is -4.94. The first-order valence-corrected chi connectivity index (χ1v) is 7.62. The van der Waals surface area contributed by atoms with Crippen LogP contribution in [0.15, 0.2) is 18.2 Å². The maximum atomic E-state index is 13.6. The van der Waals surface area contributed by atoms with Crippen molar-refractivity contribution in [1.29, 1.82) is 0 Å². The number of benzene rings is 1. The summed E-state index contributed by atoms with van der Waals surface area (Å²) in [5.41, 5.74) is -1.40. The highest BCUT2D eigenvalue weighted by atomic mass is 19.4. The van der Waals surface area contributed by atoms with Crippen molar-refractivity contribution in [2.75, 3.05) is 5.32 Å². The third-order valence-electron chi connectivity index (χ3n) is 2.92. The van der Waals surface area contributed by atoms with Crippen molar-refractivity contribution >= 4 is 11.7 Å². The van der Waals surface area contributed by atoms with E-state index in [-0.39, 0.29) is 5.69 Å². The molecule has 0 aliphatic rings. The van der Waals surface area contributed by atoms with Gasteiger partial charge in [0.15, 0.2) is 0 Å². The summed E-state index contributed by atoms with van der Waals surface area (Å²) in [7, 11) is 0. The van der Waals surface area contributed by atoms with Crippen LogP contribution in [-0.2, 0) is 9.53 Å². The second-order valence-electron chi connectivity index (χ2n) is 7.70. The van der Waals surface area contributed by atoms with Gasteiger partial charge in [-0.3, -0.25) is 0 Å². The lowest BCUT2D eigenvalue weighted by Crippen LogP contribution is -2.44. The predicted molar refractivity (Wildman–Crippen MR) is 85.8 cm³/mol. The van der Waals surface area contributed by atoms with Gasteiger partial charge in [-0.25, -0.2) is 9.18 Å². The van der Waals surface area contributed by atoms with Gasteiger partial charge in [0.25, 0.3) is 0 Å². The standard InChI is InChI=1S/C17H23F4NO3/c1-15(2,3)13(14(23)25-16(4,5)6)22-11-7-10(18)8-12(9-11)24-17(19,20)21/h7-9,13,22H,1-6H3/t13-/m1/s1. The van der Waals surface area contributed by atoms with Gasteiger partial charge in [-0.1, -0.05) is 20.8 Å². The van der Waals surface area contributed by atoms with Crippen LogP contribution < -0.4 is 10.1 Å². The van der Waals surface area contributed by atoms with Gasteiger partial charge in [0.1, 0.15) is 23.2 Å². The van der Waals surface area contributed by atoms with Gasteiger partial charge in [-0.05, 0) is 32.3 Å². The zero-order valence-corrected chi connectivity index (χ0v) is 15.0. The maximum Gasteiger partial charge on any atom is 0.573 e. The number of halogens is 4. The Hall–Kier alpha value is -1.99. The molecule has 0 aliphatic carbocycles. The van der Waals surface area contributed by atoms with Gasteiger partial charge in [-0.2, -0.15) is 0 Å². The monoisotopic (exact) mass is 365 g/mol. The lowest BCUT2D eigenvalue weighted by Gasteiger charge is -2.33. The van der Waals surface area contributed by atoms with Crippen molar-refractivity contribution in [1.82, 2.24) is 0 Å². The Labute approximate surface area is 144 Å². The van der Waals surface area contributed by atoms with Crippen molar-refractivity contribution in [3.63, 3.8) is 0 Å². The van der Waals surface area contributed by atoms with Crippen molar-refractivity contribution in [2.45, 2.75) is 59.5 Å². The minimum absolute atomic E-state index is 0.0231. The molecule has 0 aromatic heterocycles. The van der Waals surface area contributed by atoms with Gasteiger partial charge in [0.05, 0.1) is 0 Å². The van der Waals surface area contributed by atoms with E-state index in [1.54, 1.807) is 41.5 Å². The Morgan fingerprint density at radius 1 is 1.04 bits per heavy atom. The second kappa shape index (κ2) is 7.09. The summed E-state index contributed by atoms with van der Waals surface area (Å²) >= 11 is 0. The molecule has 0 heterocycles. The SMILES string of the molecule is CC(C)(C)OC(=O)[C@@H](Nc1cc(F)cc(OC(F)(F)F)c1)C(C)(C)C. The molecule has 0 saturated carbocycles. The molecule has 0 amide bonds.